The van der Waals surface area contributed by atoms with Crippen molar-refractivity contribution < 1.29 is 31.5 Å². The van der Waals surface area contributed by atoms with E-state index in [0.29, 0.717) is 0 Å². The van der Waals surface area contributed by atoms with Gasteiger partial charge in [0, 0.05) is 6.54 Å². The zero-order chi connectivity index (χ0) is 15.6. The van der Waals surface area contributed by atoms with Gasteiger partial charge < -0.3 is 9.47 Å². The van der Waals surface area contributed by atoms with Crippen molar-refractivity contribution in [2.24, 2.45) is 0 Å². The highest BCUT2D eigenvalue weighted by Gasteiger charge is 2.37. The van der Waals surface area contributed by atoms with Crippen LogP contribution in [0.5, 0.6) is 0 Å². The summed E-state index contributed by atoms with van der Waals surface area (Å²) in [5.74, 6) is -3.11. The maximum atomic E-state index is 13.7. The molecule has 1 aliphatic heterocycles. The van der Waals surface area contributed by atoms with Crippen LogP contribution in [0, 0.1) is 11.6 Å². The molecule has 1 aromatic rings. The molecule has 21 heavy (non-hydrogen) atoms. The number of carbonyl (C=O) groups excluding carboxylic acids is 1. The van der Waals surface area contributed by atoms with Crippen LogP contribution in [0.25, 0.3) is 0 Å². The lowest BCUT2D eigenvalue weighted by atomic mass is 10.3. The molecule has 0 bridgehead atoms. The number of ether oxygens (including phenoxy) is 2. The second kappa shape index (κ2) is 6.04. The normalized spacial score (nSPS) is 20.2. The van der Waals surface area contributed by atoms with E-state index in [9.17, 15) is 22.0 Å². The van der Waals surface area contributed by atoms with Crippen molar-refractivity contribution in [3.63, 3.8) is 0 Å². The first-order chi connectivity index (χ1) is 9.87. The summed E-state index contributed by atoms with van der Waals surface area (Å²) in [5.41, 5.74) is 0. The predicted octanol–water partition coefficient (Wildman–Crippen LogP) is 0.527. The van der Waals surface area contributed by atoms with Crippen LogP contribution in [-0.4, -0.2) is 51.6 Å². The molecule has 2 rings (SSSR count). The van der Waals surface area contributed by atoms with Crippen molar-refractivity contribution in [3.05, 3.63) is 29.8 Å². The smallest absolute Gasteiger partial charge is 0.336 e. The lowest BCUT2D eigenvalue weighted by Crippen LogP contribution is -2.49. The molecule has 1 heterocycles. The fourth-order valence-electron chi connectivity index (χ4n) is 1.98. The minimum absolute atomic E-state index is 0.0743. The summed E-state index contributed by atoms with van der Waals surface area (Å²) in [6.07, 6.45) is -1.12. The van der Waals surface area contributed by atoms with Gasteiger partial charge in [0.1, 0.15) is 11.6 Å². The highest BCUT2D eigenvalue weighted by Crippen LogP contribution is 2.24. The Bertz CT molecular complexity index is 629. The summed E-state index contributed by atoms with van der Waals surface area (Å²) in [4.78, 5) is 10.4. The summed E-state index contributed by atoms with van der Waals surface area (Å²) in [7, 11) is -3.27. The number of rotatable bonds is 3. The molecule has 0 aromatic heterocycles. The number of halogens is 2. The monoisotopic (exact) mass is 321 g/mol. The van der Waals surface area contributed by atoms with Crippen molar-refractivity contribution in [1.29, 1.82) is 0 Å². The van der Waals surface area contributed by atoms with E-state index in [2.05, 4.69) is 4.74 Å². The summed E-state index contributed by atoms with van der Waals surface area (Å²) in [6.45, 7) is -0.540. The molecule has 1 atom stereocenters. The van der Waals surface area contributed by atoms with Crippen molar-refractivity contribution in [3.8, 4) is 0 Å². The third-order valence-electron chi connectivity index (χ3n) is 3.01. The van der Waals surface area contributed by atoms with E-state index in [1.165, 1.54) is 0 Å². The Balaban J connectivity index is 2.33. The fraction of sp³-hybridized carbons (Fsp3) is 0.417. The van der Waals surface area contributed by atoms with Gasteiger partial charge in [0.25, 0.3) is 0 Å². The predicted molar refractivity (Wildman–Crippen MR) is 66.9 cm³/mol. The molecule has 1 unspecified atom stereocenters. The third-order valence-corrected chi connectivity index (χ3v) is 4.93. The second-order valence-corrected chi connectivity index (χ2v) is 6.17. The zero-order valence-electron chi connectivity index (χ0n) is 11.1. The Labute approximate surface area is 120 Å². The van der Waals surface area contributed by atoms with Crippen molar-refractivity contribution in [1.82, 2.24) is 4.31 Å². The first kappa shape index (κ1) is 15.8. The maximum Gasteiger partial charge on any atom is 0.336 e. The van der Waals surface area contributed by atoms with E-state index in [-0.39, 0.29) is 19.7 Å². The van der Waals surface area contributed by atoms with Crippen LogP contribution in [0.2, 0.25) is 0 Å². The van der Waals surface area contributed by atoms with Gasteiger partial charge in [-0.2, -0.15) is 4.31 Å². The van der Waals surface area contributed by atoms with Crippen LogP contribution >= 0.6 is 0 Å². The molecule has 0 radical (unpaired) electrons. The molecule has 0 saturated carbocycles. The van der Waals surface area contributed by atoms with Crippen LogP contribution in [-0.2, 0) is 24.3 Å². The van der Waals surface area contributed by atoms with Crippen molar-refractivity contribution >= 4 is 16.0 Å². The first-order valence-corrected chi connectivity index (χ1v) is 7.45. The van der Waals surface area contributed by atoms with Crippen LogP contribution < -0.4 is 0 Å². The number of morpholine rings is 1. The number of nitrogens with zero attached hydrogens (tertiary/aromatic N) is 1. The van der Waals surface area contributed by atoms with E-state index in [1.54, 1.807) is 0 Å². The summed E-state index contributed by atoms with van der Waals surface area (Å²) < 4.78 is 62.3. The van der Waals surface area contributed by atoms with E-state index in [4.69, 9.17) is 4.74 Å². The van der Waals surface area contributed by atoms with Crippen LogP contribution in [0.4, 0.5) is 8.78 Å². The van der Waals surface area contributed by atoms with Crippen LogP contribution in [0.15, 0.2) is 23.1 Å². The average Bonchev–Trinajstić information content (AvgIpc) is 2.46. The molecule has 0 N–H and O–H groups in total. The van der Waals surface area contributed by atoms with Gasteiger partial charge in [-0.3, -0.25) is 0 Å². The van der Waals surface area contributed by atoms with Crippen molar-refractivity contribution in [2.45, 2.75) is 11.0 Å². The molecule has 9 heteroatoms. The quantitative estimate of drug-likeness (QED) is 0.759. The Kier molecular flexibility index (Phi) is 4.55. The van der Waals surface area contributed by atoms with Gasteiger partial charge in [-0.15, -0.1) is 0 Å². The second-order valence-electron chi connectivity index (χ2n) is 4.30. The molecule has 1 aliphatic rings. The molecule has 1 saturated heterocycles. The van der Waals surface area contributed by atoms with Gasteiger partial charge in [0.05, 0.1) is 20.3 Å². The maximum absolute atomic E-state index is 13.7. The number of esters is 1. The molecule has 0 spiro atoms. The van der Waals surface area contributed by atoms with Crippen LogP contribution in [0.1, 0.15) is 0 Å². The van der Waals surface area contributed by atoms with Gasteiger partial charge in [-0.05, 0) is 12.1 Å². The summed E-state index contributed by atoms with van der Waals surface area (Å²) >= 11 is 0. The number of carbonyl (C=O) groups is 1. The molecule has 1 aromatic carbocycles. The van der Waals surface area contributed by atoms with E-state index in [1.807, 2.05) is 0 Å². The Morgan fingerprint density at radius 3 is 2.57 bits per heavy atom. The minimum Gasteiger partial charge on any atom is -0.467 e. The van der Waals surface area contributed by atoms with Crippen molar-refractivity contribution in [2.75, 3.05) is 26.8 Å². The largest absolute Gasteiger partial charge is 0.467 e. The van der Waals surface area contributed by atoms with E-state index < -0.39 is 38.6 Å². The summed E-state index contributed by atoms with van der Waals surface area (Å²) in [6, 6.07) is 2.78. The number of sulfonamides is 1. The highest BCUT2D eigenvalue weighted by atomic mass is 32.2. The van der Waals surface area contributed by atoms with Gasteiger partial charge in [-0.25, -0.2) is 22.0 Å². The molecule has 0 amide bonds. The van der Waals surface area contributed by atoms with E-state index >= 15 is 0 Å². The zero-order valence-corrected chi connectivity index (χ0v) is 11.9. The highest BCUT2D eigenvalue weighted by molar-refractivity contribution is 7.89. The lowest BCUT2D eigenvalue weighted by molar-refractivity contribution is -0.157. The molecule has 6 nitrogen and oxygen atoms in total. The minimum atomic E-state index is -4.40. The van der Waals surface area contributed by atoms with Gasteiger partial charge in [0.2, 0.25) is 10.0 Å². The molecular formula is C12H13F2NO5S. The number of hydrogen-bond donors (Lipinski definition) is 0. The van der Waals surface area contributed by atoms with Gasteiger partial charge in [0.15, 0.2) is 11.0 Å². The third kappa shape index (κ3) is 3.04. The number of hydrogen-bond acceptors (Lipinski definition) is 5. The molecular weight excluding hydrogens is 308 g/mol. The van der Waals surface area contributed by atoms with E-state index in [0.717, 1.165) is 29.6 Å². The molecule has 116 valence electrons. The summed E-state index contributed by atoms with van der Waals surface area (Å²) in [5, 5.41) is 0. The first-order valence-electron chi connectivity index (χ1n) is 6.01. The average molecular weight is 321 g/mol. The topological polar surface area (TPSA) is 72.9 Å². The molecule has 1 fully saturated rings. The SMILES string of the molecule is COC(=O)C1CN(S(=O)(=O)c2c(F)cccc2F)CCO1. The number of methoxy groups -OCH3 is 1. The Morgan fingerprint density at radius 2 is 2.00 bits per heavy atom. The standard InChI is InChI=1S/C12H13F2NO5S/c1-19-12(16)10-7-15(5-6-20-10)21(17,18)11-8(13)3-2-4-9(11)14/h2-4,10H,5-7H2,1H3. The van der Waals surface area contributed by atoms with Gasteiger partial charge in [-0.1, -0.05) is 6.07 Å². The Morgan fingerprint density at radius 1 is 1.38 bits per heavy atom. The number of benzene rings is 1. The Hall–Kier alpha value is -1.58. The van der Waals surface area contributed by atoms with Crippen LogP contribution in [0.3, 0.4) is 0 Å². The van der Waals surface area contributed by atoms with Gasteiger partial charge >= 0.3 is 5.97 Å². The fourth-order valence-corrected chi connectivity index (χ4v) is 3.51. The molecule has 0 aliphatic carbocycles. The lowest BCUT2D eigenvalue weighted by Gasteiger charge is -2.30.